The SMILES string of the molecule is COc1ccc(NS(=O)(=O)c2ccc(C(=O)NCc3ccc(OC)c(OC)c3)cc2)cc1. The van der Waals surface area contributed by atoms with E-state index in [9.17, 15) is 13.2 Å². The van der Waals surface area contributed by atoms with E-state index in [1.54, 1.807) is 50.6 Å². The van der Waals surface area contributed by atoms with E-state index in [4.69, 9.17) is 14.2 Å². The zero-order chi connectivity index (χ0) is 23.1. The van der Waals surface area contributed by atoms with Gasteiger partial charge in [0.1, 0.15) is 5.75 Å². The summed E-state index contributed by atoms with van der Waals surface area (Å²) in [5.74, 6) is 1.46. The first-order valence-corrected chi connectivity index (χ1v) is 11.1. The van der Waals surface area contributed by atoms with Gasteiger partial charge in [-0.05, 0) is 66.2 Å². The number of sulfonamides is 1. The van der Waals surface area contributed by atoms with E-state index < -0.39 is 10.0 Å². The van der Waals surface area contributed by atoms with E-state index in [0.717, 1.165) is 5.56 Å². The predicted molar refractivity (Wildman–Crippen MR) is 121 cm³/mol. The molecule has 0 aliphatic rings. The van der Waals surface area contributed by atoms with Gasteiger partial charge in [-0.15, -0.1) is 0 Å². The smallest absolute Gasteiger partial charge is 0.261 e. The Morgan fingerprint density at radius 1 is 0.812 bits per heavy atom. The van der Waals surface area contributed by atoms with Crippen LogP contribution in [-0.4, -0.2) is 35.7 Å². The molecule has 0 saturated carbocycles. The van der Waals surface area contributed by atoms with Crippen LogP contribution in [0.1, 0.15) is 15.9 Å². The van der Waals surface area contributed by atoms with Crippen molar-refractivity contribution >= 4 is 21.6 Å². The Labute approximate surface area is 187 Å². The van der Waals surface area contributed by atoms with Crippen molar-refractivity contribution in [1.29, 1.82) is 0 Å². The van der Waals surface area contributed by atoms with Gasteiger partial charge in [-0.3, -0.25) is 9.52 Å². The highest BCUT2D eigenvalue weighted by Crippen LogP contribution is 2.27. The van der Waals surface area contributed by atoms with Crippen molar-refractivity contribution in [2.24, 2.45) is 0 Å². The van der Waals surface area contributed by atoms with Crippen LogP contribution in [0.5, 0.6) is 17.2 Å². The highest BCUT2D eigenvalue weighted by Gasteiger charge is 2.15. The molecule has 0 saturated heterocycles. The zero-order valence-corrected chi connectivity index (χ0v) is 18.7. The molecule has 3 rings (SSSR count). The second-order valence-electron chi connectivity index (χ2n) is 6.73. The van der Waals surface area contributed by atoms with Crippen LogP contribution in [0, 0.1) is 0 Å². The summed E-state index contributed by atoms with van der Waals surface area (Å²) in [6, 6.07) is 17.6. The molecule has 2 N–H and O–H groups in total. The summed E-state index contributed by atoms with van der Waals surface area (Å²) in [5.41, 5.74) is 1.58. The minimum Gasteiger partial charge on any atom is -0.497 e. The minimum atomic E-state index is -3.79. The molecule has 9 heteroatoms. The first kappa shape index (κ1) is 23.0. The normalized spacial score (nSPS) is 10.8. The summed E-state index contributed by atoms with van der Waals surface area (Å²) in [4.78, 5) is 12.5. The van der Waals surface area contributed by atoms with Crippen molar-refractivity contribution in [2.45, 2.75) is 11.4 Å². The minimum absolute atomic E-state index is 0.0461. The Hall–Kier alpha value is -3.72. The van der Waals surface area contributed by atoms with Crippen molar-refractivity contribution < 1.29 is 27.4 Å². The molecule has 0 unspecified atom stereocenters. The van der Waals surface area contributed by atoms with Gasteiger partial charge in [-0.1, -0.05) is 6.07 Å². The van der Waals surface area contributed by atoms with E-state index in [-0.39, 0.29) is 17.3 Å². The van der Waals surface area contributed by atoms with Crippen LogP contribution < -0.4 is 24.2 Å². The van der Waals surface area contributed by atoms with Gasteiger partial charge >= 0.3 is 0 Å². The lowest BCUT2D eigenvalue weighted by Gasteiger charge is -2.11. The number of hydrogen-bond acceptors (Lipinski definition) is 6. The molecule has 0 bridgehead atoms. The number of carbonyl (C=O) groups excluding carboxylic acids is 1. The number of nitrogens with one attached hydrogen (secondary N) is 2. The first-order valence-electron chi connectivity index (χ1n) is 9.62. The predicted octanol–water partition coefficient (Wildman–Crippen LogP) is 3.44. The third kappa shape index (κ3) is 5.50. The Morgan fingerprint density at radius 2 is 1.47 bits per heavy atom. The number of ether oxygens (including phenoxy) is 3. The molecule has 3 aromatic rings. The standard InChI is InChI=1S/C23H24N2O6S/c1-29-19-9-7-18(8-10-19)25-32(27,28)20-11-5-17(6-12-20)23(26)24-15-16-4-13-21(30-2)22(14-16)31-3/h4-14,25H,15H2,1-3H3,(H,24,26). The third-order valence-corrected chi connectivity index (χ3v) is 6.07. The molecule has 0 atom stereocenters. The topological polar surface area (TPSA) is 103 Å². The van der Waals surface area contributed by atoms with Crippen molar-refractivity contribution in [2.75, 3.05) is 26.1 Å². The molecule has 0 fully saturated rings. The van der Waals surface area contributed by atoms with Gasteiger partial charge in [-0.25, -0.2) is 8.42 Å². The zero-order valence-electron chi connectivity index (χ0n) is 17.9. The van der Waals surface area contributed by atoms with Crippen LogP contribution in [-0.2, 0) is 16.6 Å². The van der Waals surface area contributed by atoms with Crippen LogP contribution in [0.15, 0.2) is 71.6 Å². The number of carbonyl (C=O) groups is 1. The quantitative estimate of drug-likeness (QED) is 0.511. The fraction of sp³-hybridized carbons (Fsp3) is 0.174. The number of benzene rings is 3. The molecule has 0 spiro atoms. The molecule has 3 aromatic carbocycles. The van der Waals surface area contributed by atoms with Crippen LogP contribution in [0.25, 0.3) is 0 Å². The Bertz CT molecular complexity index is 1180. The summed E-state index contributed by atoms with van der Waals surface area (Å²) >= 11 is 0. The average Bonchev–Trinajstić information content (AvgIpc) is 2.82. The van der Waals surface area contributed by atoms with Crippen molar-refractivity contribution in [3.8, 4) is 17.2 Å². The van der Waals surface area contributed by atoms with E-state index in [0.29, 0.717) is 28.5 Å². The number of amides is 1. The van der Waals surface area contributed by atoms with Gasteiger partial charge in [0, 0.05) is 17.8 Å². The summed E-state index contributed by atoms with van der Waals surface area (Å²) in [6.07, 6.45) is 0. The van der Waals surface area contributed by atoms with Crippen LogP contribution >= 0.6 is 0 Å². The van der Waals surface area contributed by atoms with E-state index in [2.05, 4.69) is 10.0 Å². The Balaban J connectivity index is 1.64. The molecule has 8 nitrogen and oxygen atoms in total. The maximum atomic E-state index is 12.6. The Morgan fingerprint density at radius 3 is 2.06 bits per heavy atom. The van der Waals surface area contributed by atoms with Crippen molar-refractivity contribution in [3.05, 3.63) is 77.9 Å². The van der Waals surface area contributed by atoms with Gasteiger partial charge in [0.2, 0.25) is 0 Å². The molecule has 1 amide bonds. The highest BCUT2D eigenvalue weighted by atomic mass is 32.2. The fourth-order valence-corrected chi connectivity index (χ4v) is 3.99. The van der Waals surface area contributed by atoms with Crippen LogP contribution in [0.2, 0.25) is 0 Å². The summed E-state index contributed by atoms with van der Waals surface area (Å²) < 4.78 is 43.2. The molecule has 0 aliphatic heterocycles. The molecule has 168 valence electrons. The van der Waals surface area contributed by atoms with Crippen LogP contribution in [0.3, 0.4) is 0 Å². The number of methoxy groups -OCH3 is 3. The fourth-order valence-electron chi connectivity index (χ4n) is 2.93. The lowest BCUT2D eigenvalue weighted by Crippen LogP contribution is -2.23. The van der Waals surface area contributed by atoms with E-state index in [1.807, 2.05) is 6.07 Å². The molecule has 32 heavy (non-hydrogen) atoms. The van der Waals surface area contributed by atoms with Crippen molar-refractivity contribution in [1.82, 2.24) is 5.32 Å². The largest absolute Gasteiger partial charge is 0.497 e. The highest BCUT2D eigenvalue weighted by molar-refractivity contribution is 7.92. The first-order chi connectivity index (χ1) is 15.4. The number of hydrogen-bond donors (Lipinski definition) is 2. The number of rotatable bonds is 9. The molecule has 0 radical (unpaired) electrons. The second kappa shape index (κ2) is 10.1. The monoisotopic (exact) mass is 456 g/mol. The maximum Gasteiger partial charge on any atom is 0.261 e. The van der Waals surface area contributed by atoms with Crippen molar-refractivity contribution in [3.63, 3.8) is 0 Å². The molecule has 0 aliphatic carbocycles. The van der Waals surface area contributed by atoms with Crippen LogP contribution in [0.4, 0.5) is 5.69 Å². The molecule has 0 heterocycles. The molecule has 0 aromatic heterocycles. The Kier molecular flexibility index (Phi) is 7.21. The average molecular weight is 457 g/mol. The summed E-state index contributed by atoms with van der Waals surface area (Å²) in [5, 5.41) is 2.80. The second-order valence-corrected chi connectivity index (χ2v) is 8.41. The molecular weight excluding hydrogens is 432 g/mol. The summed E-state index contributed by atoms with van der Waals surface area (Å²) in [6.45, 7) is 0.276. The maximum absolute atomic E-state index is 12.6. The van der Waals surface area contributed by atoms with Gasteiger partial charge in [-0.2, -0.15) is 0 Å². The van der Waals surface area contributed by atoms with E-state index in [1.165, 1.54) is 31.4 Å². The summed E-state index contributed by atoms with van der Waals surface area (Å²) in [7, 11) is 0.831. The van der Waals surface area contributed by atoms with Gasteiger partial charge < -0.3 is 19.5 Å². The lowest BCUT2D eigenvalue weighted by molar-refractivity contribution is 0.0950. The van der Waals surface area contributed by atoms with Gasteiger partial charge in [0.15, 0.2) is 11.5 Å². The number of anilines is 1. The molecular formula is C23H24N2O6S. The lowest BCUT2D eigenvalue weighted by atomic mass is 10.1. The van der Waals surface area contributed by atoms with Gasteiger partial charge in [0.25, 0.3) is 15.9 Å². The third-order valence-electron chi connectivity index (χ3n) is 4.67. The van der Waals surface area contributed by atoms with E-state index >= 15 is 0 Å². The van der Waals surface area contributed by atoms with Gasteiger partial charge in [0.05, 0.1) is 26.2 Å².